The molecular weight excluding hydrogens is 179 g/mol. The van der Waals surface area contributed by atoms with Gasteiger partial charge in [-0.3, -0.25) is 0 Å². The van der Waals surface area contributed by atoms with Crippen LogP contribution in [0.4, 0.5) is 0 Å². The van der Waals surface area contributed by atoms with E-state index in [4.69, 9.17) is 0 Å². The minimum Gasteiger partial charge on any atom is -1.00 e. The van der Waals surface area contributed by atoms with Crippen LogP contribution in [0.3, 0.4) is 0 Å². The molecule has 0 aromatic heterocycles. The largest absolute Gasteiger partial charge is 2.00 e. The summed E-state index contributed by atoms with van der Waals surface area (Å²) < 4.78 is 0. The van der Waals surface area contributed by atoms with E-state index < -0.39 is 0 Å². The van der Waals surface area contributed by atoms with Crippen LogP contribution in [0.5, 0.6) is 0 Å². The van der Waals surface area contributed by atoms with Gasteiger partial charge in [-0.05, 0) is 0 Å². The summed E-state index contributed by atoms with van der Waals surface area (Å²) in [5, 5.41) is 0. The predicted molar refractivity (Wildman–Crippen MR) is 72.9 cm³/mol. The zero-order valence-corrected chi connectivity index (χ0v) is 12.6. The Labute approximate surface area is 111 Å². The summed E-state index contributed by atoms with van der Waals surface area (Å²) in [5.74, 6) is 2.68. The van der Waals surface area contributed by atoms with Crippen molar-refractivity contribution in [2.75, 3.05) is 0 Å². The molecule has 0 saturated carbocycles. The van der Waals surface area contributed by atoms with Crippen molar-refractivity contribution in [3.05, 3.63) is 0 Å². The Hall–Kier alpha value is 0.831. The van der Waals surface area contributed by atoms with Gasteiger partial charge in [0.05, 0.1) is 0 Å². The molecule has 0 aliphatic carbocycles. The molecule has 2 heteroatoms. The van der Waals surface area contributed by atoms with Gasteiger partial charge in [-0.25, -0.2) is 0 Å². The van der Waals surface area contributed by atoms with Crippen molar-refractivity contribution in [2.45, 2.75) is 78.3 Å². The zero-order chi connectivity index (χ0) is 10.4. The number of rotatable bonds is 6. The van der Waals surface area contributed by atoms with E-state index in [0.29, 0.717) is 0 Å². The van der Waals surface area contributed by atoms with E-state index >= 15 is 0 Å². The molecule has 0 fully saturated rings. The van der Waals surface area contributed by atoms with Crippen LogP contribution in [0.2, 0.25) is 17.5 Å². The quantitative estimate of drug-likeness (QED) is 0.554. The molecule has 0 radical (unpaired) electrons. The Morgan fingerprint density at radius 1 is 0.786 bits per heavy atom. The first-order valence-corrected chi connectivity index (χ1v) is 6.08. The van der Waals surface area contributed by atoms with Gasteiger partial charge in [0.2, 0.25) is 0 Å². The smallest absolute Gasteiger partial charge is 1.00 e. The molecule has 0 saturated heterocycles. The van der Waals surface area contributed by atoms with Crippen molar-refractivity contribution in [3.63, 3.8) is 0 Å². The van der Waals surface area contributed by atoms with Crippen molar-refractivity contribution in [1.82, 2.24) is 0 Å². The third-order valence-electron chi connectivity index (χ3n) is 3.90. The Bertz CT molecular complexity index is 112. The van der Waals surface area contributed by atoms with Crippen LogP contribution in [0, 0.1) is 0 Å². The molecular formula is C12H29BMg. The average molecular weight is 208 g/mol. The van der Waals surface area contributed by atoms with Crippen molar-refractivity contribution >= 4 is 29.8 Å². The van der Waals surface area contributed by atoms with Crippen LogP contribution in [-0.4, -0.2) is 29.8 Å². The fraction of sp³-hybridized carbons (Fsp3) is 1.00. The maximum Gasteiger partial charge on any atom is 2.00 e. The molecule has 82 valence electrons. The van der Waals surface area contributed by atoms with E-state index in [1.807, 2.05) is 0 Å². The van der Waals surface area contributed by atoms with E-state index in [-0.39, 0.29) is 25.9 Å². The Morgan fingerprint density at radius 3 is 1.14 bits per heavy atom. The third kappa shape index (κ3) is 5.06. The van der Waals surface area contributed by atoms with Crippen LogP contribution >= 0.6 is 0 Å². The number of hydrogen-bond donors (Lipinski definition) is 0. The van der Waals surface area contributed by atoms with E-state index in [9.17, 15) is 0 Å². The van der Waals surface area contributed by atoms with E-state index in [2.05, 4.69) is 41.5 Å². The van der Waals surface area contributed by atoms with E-state index in [1.165, 1.54) is 19.3 Å². The second kappa shape index (κ2) is 9.09. The first-order chi connectivity index (χ1) is 6.08. The van der Waals surface area contributed by atoms with Crippen LogP contribution in [0.15, 0.2) is 0 Å². The SMILES string of the molecule is CCC(C)B(C(C)CC)C(C)CC.[H-].[H-].[Mg+2]. The molecule has 14 heavy (non-hydrogen) atoms. The molecule has 0 rings (SSSR count). The molecule has 3 atom stereocenters. The molecule has 0 aromatic rings. The van der Waals surface area contributed by atoms with Gasteiger partial charge in [0.25, 0.3) is 0 Å². The van der Waals surface area contributed by atoms with Crippen molar-refractivity contribution in [3.8, 4) is 0 Å². The predicted octanol–water partition coefficient (Wildman–Crippen LogP) is 4.73. The minimum absolute atomic E-state index is 0. The second-order valence-corrected chi connectivity index (χ2v) is 4.73. The van der Waals surface area contributed by atoms with Gasteiger partial charge in [0, 0.05) is 0 Å². The van der Waals surface area contributed by atoms with Gasteiger partial charge in [-0.1, -0.05) is 78.3 Å². The Balaban J connectivity index is -0.000000240. The maximum absolute atomic E-state index is 2.42. The van der Waals surface area contributed by atoms with Crippen molar-refractivity contribution in [2.24, 2.45) is 0 Å². The van der Waals surface area contributed by atoms with Crippen LogP contribution in [0.1, 0.15) is 63.7 Å². The Kier molecular flexibility index (Phi) is 11.2. The molecule has 0 spiro atoms. The van der Waals surface area contributed by atoms with Crippen molar-refractivity contribution < 1.29 is 2.85 Å². The van der Waals surface area contributed by atoms with Gasteiger partial charge in [-0.15, -0.1) is 0 Å². The molecule has 0 N–H and O–H groups in total. The Morgan fingerprint density at radius 2 is 1.00 bits per heavy atom. The van der Waals surface area contributed by atoms with Crippen LogP contribution < -0.4 is 0 Å². The van der Waals surface area contributed by atoms with Gasteiger partial charge >= 0.3 is 23.1 Å². The monoisotopic (exact) mass is 208 g/mol. The topological polar surface area (TPSA) is 0 Å². The standard InChI is InChI=1S/C12H27B.Mg.2H/c1-7-10(4)13(11(5)8-2)12(6)9-3;;;/h10-12H,7-9H2,1-6H3;;;/q;+2;2*-1. The first-order valence-electron chi connectivity index (χ1n) is 6.08. The molecule has 0 bridgehead atoms. The van der Waals surface area contributed by atoms with Gasteiger partial charge in [0.15, 0.2) is 0 Å². The molecule has 0 heterocycles. The van der Waals surface area contributed by atoms with E-state index in [0.717, 1.165) is 24.2 Å². The zero-order valence-electron chi connectivity index (χ0n) is 13.1. The minimum atomic E-state index is 0. The second-order valence-electron chi connectivity index (χ2n) is 4.73. The fourth-order valence-corrected chi connectivity index (χ4v) is 2.50. The van der Waals surface area contributed by atoms with Gasteiger partial charge in [-0.2, -0.15) is 0 Å². The maximum atomic E-state index is 2.42. The molecule has 0 aliphatic heterocycles. The van der Waals surface area contributed by atoms with E-state index in [1.54, 1.807) is 0 Å². The average Bonchev–Trinajstić information content (AvgIpc) is 2.16. The summed E-state index contributed by atoms with van der Waals surface area (Å²) >= 11 is 0. The first kappa shape index (κ1) is 17.2. The summed E-state index contributed by atoms with van der Waals surface area (Å²) in [5.41, 5.74) is 0. The molecule has 0 aliphatic rings. The third-order valence-corrected chi connectivity index (χ3v) is 3.90. The summed E-state index contributed by atoms with van der Waals surface area (Å²) in [6.45, 7) is 15.2. The number of hydrogen-bond acceptors (Lipinski definition) is 0. The molecule has 3 unspecified atom stereocenters. The summed E-state index contributed by atoms with van der Waals surface area (Å²) in [6.07, 6.45) is 4.00. The molecule has 0 amide bonds. The fourth-order valence-electron chi connectivity index (χ4n) is 2.50. The molecule has 0 nitrogen and oxygen atoms in total. The molecule has 0 aromatic carbocycles. The van der Waals surface area contributed by atoms with Crippen LogP contribution in [-0.2, 0) is 0 Å². The normalized spacial score (nSPS) is 16.7. The van der Waals surface area contributed by atoms with Gasteiger partial charge in [0.1, 0.15) is 6.71 Å². The van der Waals surface area contributed by atoms with Gasteiger partial charge < -0.3 is 2.85 Å². The van der Waals surface area contributed by atoms with Crippen molar-refractivity contribution in [1.29, 1.82) is 0 Å². The summed E-state index contributed by atoms with van der Waals surface area (Å²) in [7, 11) is 0. The summed E-state index contributed by atoms with van der Waals surface area (Å²) in [4.78, 5) is 0. The van der Waals surface area contributed by atoms with Crippen LogP contribution in [0.25, 0.3) is 0 Å². The summed E-state index contributed by atoms with van der Waals surface area (Å²) in [6, 6.07) is 0.